The zero-order chi connectivity index (χ0) is 26.8. The molecule has 36 heavy (non-hydrogen) atoms. The minimum absolute atomic E-state index is 0.0122. The largest absolute Gasteiger partial charge is 0.459 e. The van der Waals surface area contributed by atoms with Crippen LogP contribution in [0.1, 0.15) is 43.0 Å². The highest BCUT2D eigenvalue weighted by atomic mass is 19.1. The van der Waals surface area contributed by atoms with Crippen molar-refractivity contribution in [1.29, 1.82) is 0 Å². The Balaban J connectivity index is 2.07. The molecule has 1 amide bonds. The molecule has 0 radical (unpaired) electrons. The number of esters is 1. The number of aliphatic hydroxyl groups excluding tert-OH is 1. The minimum atomic E-state index is -2.02. The Morgan fingerprint density at radius 2 is 1.50 bits per heavy atom. The van der Waals surface area contributed by atoms with Crippen molar-refractivity contribution in [3.8, 4) is 11.1 Å². The lowest BCUT2D eigenvalue weighted by Crippen LogP contribution is -2.39. The van der Waals surface area contributed by atoms with Crippen molar-refractivity contribution in [2.45, 2.75) is 32.7 Å². The fourth-order valence-corrected chi connectivity index (χ4v) is 3.43. The van der Waals surface area contributed by atoms with Gasteiger partial charge in [-0.15, -0.1) is 0 Å². The first-order valence-corrected chi connectivity index (χ1v) is 10.7. The summed E-state index contributed by atoms with van der Waals surface area (Å²) >= 11 is 0. The molecule has 2 N–H and O–H groups in total. The Kier molecular flexibility index (Phi) is 7.80. The molecule has 190 valence electrons. The van der Waals surface area contributed by atoms with Crippen molar-refractivity contribution in [3.63, 3.8) is 0 Å². The van der Waals surface area contributed by atoms with Gasteiger partial charge in [0, 0.05) is 23.4 Å². The van der Waals surface area contributed by atoms with E-state index in [-0.39, 0.29) is 16.8 Å². The van der Waals surface area contributed by atoms with Gasteiger partial charge in [-0.05, 0) is 50.1 Å². The molecule has 0 bridgehead atoms. The minimum Gasteiger partial charge on any atom is -0.459 e. The lowest BCUT2D eigenvalue weighted by molar-refractivity contribution is -0.152. The molecule has 0 aliphatic carbocycles. The summed E-state index contributed by atoms with van der Waals surface area (Å²) < 4.78 is 61.8. The van der Waals surface area contributed by atoms with E-state index < -0.39 is 59.1 Å². The van der Waals surface area contributed by atoms with E-state index >= 15 is 0 Å². The highest BCUT2D eigenvalue weighted by Crippen LogP contribution is 2.29. The van der Waals surface area contributed by atoms with Crippen LogP contribution in [0.4, 0.5) is 23.2 Å². The predicted octanol–water partition coefficient (Wildman–Crippen LogP) is 4.88. The van der Waals surface area contributed by atoms with Crippen molar-refractivity contribution < 1.29 is 42.1 Å². The summed E-state index contributed by atoms with van der Waals surface area (Å²) in [4.78, 5) is 26.5. The zero-order valence-electron chi connectivity index (χ0n) is 19.6. The average molecular weight is 505 g/mol. The molecule has 0 spiro atoms. The van der Waals surface area contributed by atoms with Crippen LogP contribution < -0.4 is 4.90 Å². The first-order chi connectivity index (χ1) is 16.8. The number of rotatable bonds is 6. The number of benzene rings is 3. The van der Waals surface area contributed by atoms with Crippen LogP contribution in [0.25, 0.3) is 11.1 Å². The zero-order valence-corrected chi connectivity index (χ0v) is 19.6. The van der Waals surface area contributed by atoms with Gasteiger partial charge in [-0.2, -0.15) is 0 Å². The third-order valence-electron chi connectivity index (χ3n) is 4.94. The summed E-state index contributed by atoms with van der Waals surface area (Å²) in [5.74, 6) is -7.17. The first-order valence-electron chi connectivity index (χ1n) is 10.7. The van der Waals surface area contributed by atoms with Gasteiger partial charge in [0.15, 0.2) is 6.29 Å². The first kappa shape index (κ1) is 26.8. The van der Waals surface area contributed by atoms with Crippen LogP contribution >= 0.6 is 0 Å². The summed E-state index contributed by atoms with van der Waals surface area (Å²) in [5, 5.41) is 18.4. The number of carbonyl (C=O) groups excluding carboxylic acids is 2. The fraction of sp³-hybridized carbons (Fsp3) is 0.231. The smallest absolute Gasteiger partial charge is 0.326 e. The van der Waals surface area contributed by atoms with E-state index in [0.717, 1.165) is 17.0 Å². The number of nitrogens with zero attached hydrogens (tertiary/aromatic N) is 1. The van der Waals surface area contributed by atoms with Gasteiger partial charge in [0.05, 0.1) is 0 Å². The molecular formula is C26H23F4NO5. The van der Waals surface area contributed by atoms with E-state index in [0.29, 0.717) is 17.7 Å². The molecule has 3 aromatic carbocycles. The maximum Gasteiger partial charge on any atom is 0.326 e. The van der Waals surface area contributed by atoms with E-state index in [9.17, 15) is 37.4 Å². The van der Waals surface area contributed by atoms with Crippen molar-refractivity contribution in [3.05, 3.63) is 89.0 Å². The molecule has 0 aliphatic rings. The summed E-state index contributed by atoms with van der Waals surface area (Å²) in [6, 6.07) is 10.0. The number of anilines is 1. The topological polar surface area (TPSA) is 87.1 Å². The molecule has 0 aromatic heterocycles. The summed E-state index contributed by atoms with van der Waals surface area (Å²) in [6.45, 7) is 4.05. The Labute approximate surface area is 204 Å². The SMILES string of the molecule is CC(C)(C)OC(=O)CN(C(=O)c1c(F)cc(F)cc1F)c1cccc(-c2ccc(C(O)O)c(F)c2)c1. The number of ether oxygens (including phenoxy) is 1. The van der Waals surface area contributed by atoms with Crippen molar-refractivity contribution in [2.75, 3.05) is 11.4 Å². The number of aliphatic hydroxyl groups is 2. The van der Waals surface area contributed by atoms with E-state index in [4.69, 9.17) is 4.74 Å². The lowest BCUT2D eigenvalue weighted by Gasteiger charge is -2.26. The van der Waals surface area contributed by atoms with Gasteiger partial charge in [0.2, 0.25) is 0 Å². The number of hydrogen-bond acceptors (Lipinski definition) is 5. The van der Waals surface area contributed by atoms with E-state index in [2.05, 4.69) is 0 Å². The Hall–Kier alpha value is -3.76. The van der Waals surface area contributed by atoms with Crippen molar-refractivity contribution in [1.82, 2.24) is 0 Å². The highest BCUT2D eigenvalue weighted by Gasteiger charge is 2.29. The molecule has 0 atom stereocenters. The van der Waals surface area contributed by atoms with Crippen LogP contribution in [0.3, 0.4) is 0 Å². The monoisotopic (exact) mass is 505 g/mol. The van der Waals surface area contributed by atoms with Gasteiger partial charge < -0.3 is 14.9 Å². The predicted molar refractivity (Wildman–Crippen MR) is 123 cm³/mol. The van der Waals surface area contributed by atoms with Crippen LogP contribution in [-0.4, -0.2) is 34.2 Å². The molecule has 0 saturated carbocycles. The number of carbonyl (C=O) groups is 2. The van der Waals surface area contributed by atoms with Crippen LogP contribution in [0.5, 0.6) is 0 Å². The molecule has 0 heterocycles. The Morgan fingerprint density at radius 1 is 0.889 bits per heavy atom. The number of halogens is 4. The van der Waals surface area contributed by atoms with Crippen LogP contribution in [0.2, 0.25) is 0 Å². The van der Waals surface area contributed by atoms with Gasteiger partial charge in [-0.3, -0.25) is 14.5 Å². The molecule has 0 aliphatic heterocycles. The second-order valence-electron chi connectivity index (χ2n) is 8.88. The van der Waals surface area contributed by atoms with Gasteiger partial charge >= 0.3 is 5.97 Å². The molecular weight excluding hydrogens is 482 g/mol. The molecule has 6 nitrogen and oxygen atoms in total. The molecule has 3 aromatic rings. The van der Waals surface area contributed by atoms with Crippen LogP contribution in [0, 0.1) is 23.3 Å². The van der Waals surface area contributed by atoms with Crippen molar-refractivity contribution >= 4 is 17.6 Å². The maximum absolute atomic E-state index is 14.4. The normalized spacial score (nSPS) is 11.5. The van der Waals surface area contributed by atoms with Gasteiger partial charge in [0.25, 0.3) is 5.91 Å². The van der Waals surface area contributed by atoms with Gasteiger partial charge in [-0.25, -0.2) is 17.6 Å². The Bertz CT molecular complexity index is 1280. The average Bonchev–Trinajstić information content (AvgIpc) is 2.75. The lowest BCUT2D eigenvalue weighted by atomic mass is 10.0. The maximum atomic E-state index is 14.4. The molecule has 10 heteroatoms. The molecule has 0 unspecified atom stereocenters. The summed E-state index contributed by atoms with van der Waals surface area (Å²) in [6.07, 6.45) is -2.02. The standard InChI is InChI=1S/C26H23F4NO5/c1-26(2,3)36-22(32)13-31(24(33)23-20(29)11-16(27)12-21(23)30)17-6-4-5-14(9-17)15-7-8-18(25(34)35)19(28)10-15/h4-12,25,34-35H,13H2,1-3H3. The van der Waals surface area contributed by atoms with E-state index in [1.54, 1.807) is 26.8 Å². The second kappa shape index (κ2) is 10.5. The second-order valence-corrected chi connectivity index (χ2v) is 8.88. The summed E-state index contributed by atoms with van der Waals surface area (Å²) in [5.41, 5.74) is -1.71. The number of hydrogen-bond donors (Lipinski definition) is 2. The third kappa shape index (κ3) is 6.27. The third-order valence-corrected chi connectivity index (χ3v) is 4.94. The van der Waals surface area contributed by atoms with E-state index in [1.165, 1.54) is 24.3 Å². The summed E-state index contributed by atoms with van der Waals surface area (Å²) in [7, 11) is 0. The van der Waals surface area contributed by atoms with Gasteiger partial charge in [-0.1, -0.05) is 24.3 Å². The molecule has 0 fully saturated rings. The highest BCUT2D eigenvalue weighted by molar-refractivity contribution is 6.09. The molecule has 3 rings (SSSR count). The number of amides is 1. The van der Waals surface area contributed by atoms with Gasteiger partial charge in [0.1, 0.15) is 41.0 Å². The van der Waals surface area contributed by atoms with Crippen LogP contribution in [-0.2, 0) is 9.53 Å². The van der Waals surface area contributed by atoms with Crippen LogP contribution in [0.15, 0.2) is 54.6 Å². The Morgan fingerprint density at radius 3 is 2.06 bits per heavy atom. The van der Waals surface area contributed by atoms with Crippen molar-refractivity contribution in [2.24, 2.45) is 0 Å². The molecule has 0 saturated heterocycles. The fourth-order valence-electron chi connectivity index (χ4n) is 3.43. The van der Waals surface area contributed by atoms with E-state index in [1.807, 2.05) is 0 Å². The quantitative estimate of drug-likeness (QED) is 0.283.